The van der Waals surface area contributed by atoms with Crippen molar-refractivity contribution in [2.75, 3.05) is 18.8 Å². The van der Waals surface area contributed by atoms with Gasteiger partial charge in [0.25, 0.3) is 0 Å². The van der Waals surface area contributed by atoms with E-state index in [0.717, 1.165) is 6.54 Å². The third-order valence-corrected chi connectivity index (χ3v) is 4.04. The van der Waals surface area contributed by atoms with Gasteiger partial charge >= 0.3 is 12.1 Å². The van der Waals surface area contributed by atoms with E-state index in [1.165, 1.54) is 0 Å². The molecular weight excluding hydrogens is 289 g/mol. The Morgan fingerprint density at radius 3 is 2.16 bits per heavy atom. The van der Waals surface area contributed by atoms with Gasteiger partial charge < -0.3 is 10.4 Å². The van der Waals surface area contributed by atoms with Crippen LogP contribution in [-0.2, 0) is 14.8 Å². The van der Waals surface area contributed by atoms with Crippen LogP contribution in [0.1, 0.15) is 13.8 Å². The Labute approximate surface area is 109 Å². The van der Waals surface area contributed by atoms with E-state index >= 15 is 0 Å². The predicted molar refractivity (Wildman–Crippen MR) is 62.1 cm³/mol. The maximum atomic E-state index is 11.2. The van der Waals surface area contributed by atoms with Gasteiger partial charge in [-0.3, -0.25) is 0 Å². The number of carboxylic acids is 1. The molecule has 1 saturated heterocycles. The quantitative estimate of drug-likeness (QED) is 0.688. The van der Waals surface area contributed by atoms with E-state index in [4.69, 9.17) is 9.90 Å². The fourth-order valence-electron chi connectivity index (χ4n) is 1.28. The summed E-state index contributed by atoms with van der Waals surface area (Å²) in [5.41, 5.74) is 0. The van der Waals surface area contributed by atoms with Gasteiger partial charge in [0.15, 0.2) is 0 Å². The van der Waals surface area contributed by atoms with E-state index in [-0.39, 0.29) is 11.7 Å². The Bertz CT molecular complexity index is 397. The largest absolute Gasteiger partial charge is 0.490 e. The minimum Gasteiger partial charge on any atom is -0.475 e. The summed E-state index contributed by atoms with van der Waals surface area (Å²) in [4.78, 5) is 8.90. The van der Waals surface area contributed by atoms with Crippen molar-refractivity contribution in [3.63, 3.8) is 0 Å². The second-order valence-corrected chi connectivity index (χ2v) is 5.89. The lowest BCUT2D eigenvalue weighted by molar-refractivity contribution is -0.192. The van der Waals surface area contributed by atoms with Crippen molar-refractivity contribution in [1.29, 1.82) is 0 Å². The molecule has 19 heavy (non-hydrogen) atoms. The fraction of sp³-hybridized carbons (Fsp3) is 0.889. The predicted octanol–water partition coefficient (Wildman–Crippen LogP) is 0.167. The molecule has 1 rings (SSSR count). The molecule has 0 aromatic carbocycles. The maximum absolute atomic E-state index is 11.2. The van der Waals surface area contributed by atoms with Gasteiger partial charge in [-0.25, -0.2) is 17.9 Å². The third kappa shape index (κ3) is 7.33. The number of aliphatic carboxylic acids is 1. The molecule has 1 fully saturated rings. The molecule has 3 N–H and O–H groups in total. The Hall–Kier alpha value is -0.870. The number of hydrogen-bond donors (Lipinski definition) is 3. The standard InChI is InChI=1S/C7H16N2O2S.C2HF3O2/c1-3-9-12(10,11)5-7-4-8-6(7)2;3-2(4,5)1(6)7/h6-9H,3-5H2,1-2H3;(H,6,7)/t6-,7-;/m1./s1. The van der Waals surface area contributed by atoms with Crippen molar-refractivity contribution in [2.45, 2.75) is 26.1 Å². The summed E-state index contributed by atoms with van der Waals surface area (Å²) < 4.78 is 56.7. The second kappa shape index (κ2) is 7.06. The van der Waals surface area contributed by atoms with Gasteiger partial charge in [-0.1, -0.05) is 6.92 Å². The number of halogens is 3. The van der Waals surface area contributed by atoms with Crippen LogP contribution in [0.3, 0.4) is 0 Å². The summed E-state index contributed by atoms with van der Waals surface area (Å²) in [7, 11) is -3.01. The first kappa shape index (κ1) is 18.1. The van der Waals surface area contributed by atoms with E-state index in [0.29, 0.717) is 12.6 Å². The lowest BCUT2D eigenvalue weighted by Crippen LogP contribution is -2.54. The molecule has 0 saturated carbocycles. The molecule has 2 atom stereocenters. The maximum Gasteiger partial charge on any atom is 0.490 e. The van der Waals surface area contributed by atoms with E-state index in [1.54, 1.807) is 6.92 Å². The first-order valence-corrected chi connectivity index (χ1v) is 7.15. The second-order valence-electron chi connectivity index (χ2n) is 4.04. The van der Waals surface area contributed by atoms with Crippen LogP contribution in [0.2, 0.25) is 0 Å². The average Bonchev–Trinajstić information content (AvgIpc) is 2.23. The number of sulfonamides is 1. The van der Waals surface area contributed by atoms with E-state index in [9.17, 15) is 21.6 Å². The normalized spacial score (nSPS) is 23.0. The van der Waals surface area contributed by atoms with Gasteiger partial charge in [-0.15, -0.1) is 0 Å². The highest BCUT2D eigenvalue weighted by atomic mass is 32.2. The zero-order valence-corrected chi connectivity index (χ0v) is 11.3. The van der Waals surface area contributed by atoms with E-state index < -0.39 is 22.2 Å². The molecular formula is C9H17F3N2O4S. The Morgan fingerprint density at radius 1 is 1.47 bits per heavy atom. The molecule has 0 aromatic heterocycles. The zero-order chi connectivity index (χ0) is 15.3. The van der Waals surface area contributed by atoms with Crippen LogP contribution in [0.4, 0.5) is 13.2 Å². The zero-order valence-electron chi connectivity index (χ0n) is 10.5. The number of carbonyl (C=O) groups is 1. The molecule has 0 aromatic rings. The number of rotatable bonds is 4. The van der Waals surface area contributed by atoms with Crippen LogP contribution in [0.15, 0.2) is 0 Å². The molecule has 1 aliphatic heterocycles. The van der Waals surface area contributed by atoms with Crippen molar-refractivity contribution < 1.29 is 31.5 Å². The highest BCUT2D eigenvalue weighted by Crippen LogP contribution is 2.14. The monoisotopic (exact) mass is 306 g/mol. The topological polar surface area (TPSA) is 95.5 Å². The first-order valence-electron chi connectivity index (χ1n) is 5.50. The van der Waals surface area contributed by atoms with E-state index in [2.05, 4.69) is 10.0 Å². The minimum atomic E-state index is -5.08. The van der Waals surface area contributed by atoms with Crippen LogP contribution in [0.25, 0.3) is 0 Å². The summed E-state index contributed by atoms with van der Waals surface area (Å²) in [6, 6.07) is 0.346. The molecule has 0 bridgehead atoms. The summed E-state index contributed by atoms with van der Waals surface area (Å²) in [6.07, 6.45) is -5.08. The van der Waals surface area contributed by atoms with Gasteiger partial charge in [0, 0.05) is 25.0 Å². The Kier molecular flexibility index (Phi) is 6.73. The van der Waals surface area contributed by atoms with Crippen LogP contribution < -0.4 is 10.0 Å². The molecule has 0 unspecified atom stereocenters. The summed E-state index contributed by atoms with van der Waals surface area (Å²) >= 11 is 0. The average molecular weight is 306 g/mol. The van der Waals surface area contributed by atoms with Crippen LogP contribution >= 0.6 is 0 Å². The van der Waals surface area contributed by atoms with Gasteiger partial charge in [0.05, 0.1) is 5.75 Å². The molecule has 0 amide bonds. The van der Waals surface area contributed by atoms with Gasteiger partial charge in [0.2, 0.25) is 10.0 Å². The smallest absolute Gasteiger partial charge is 0.475 e. The molecule has 114 valence electrons. The van der Waals surface area contributed by atoms with Crippen molar-refractivity contribution in [1.82, 2.24) is 10.0 Å². The van der Waals surface area contributed by atoms with Crippen molar-refractivity contribution in [3.8, 4) is 0 Å². The number of alkyl halides is 3. The molecule has 0 aliphatic carbocycles. The number of nitrogens with one attached hydrogen (secondary N) is 2. The highest BCUT2D eigenvalue weighted by molar-refractivity contribution is 7.89. The van der Waals surface area contributed by atoms with Crippen molar-refractivity contribution in [3.05, 3.63) is 0 Å². The Morgan fingerprint density at radius 2 is 1.95 bits per heavy atom. The first-order chi connectivity index (χ1) is 8.49. The minimum absolute atomic E-state index is 0.259. The van der Waals surface area contributed by atoms with Crippen LogP contribution in [0, 0.1) is 5.92 Å². The van der Waals surface area contributed by atoms with Crippen LogP contribution in [0.5, 0.6) is 0 Å². The fourth-order valence-corrected chi connectivity index (χ4v) is 2.81. The van der Waals surface area contributed by atoms with Crippen molar-refractivity contribution in [2.24, 2.45) is 5.92 Å². The lowest BCUT2D eigenvalue weighted by atomic mass is 9.96. The summed E-state index contributed by atoms with van der Waals surface area (Å²) in [5, 5.41) is 10.3. The molecule has 1 aliphatic rings. The SMILES string of the molecule is CCNS(=O)(=O)C[C@H]1CN[C@@H]1C.O=C(O)C(F)(F)F. The van der Waals surface area contributed by atoms with Gasteiger partial charge in [-0.05, 0) is 6.92 Å². The third-order valence-electron chi connectivity index (χ3n) is 2.45. The summed E-state index contributed by atoms with van der Waals surface area (Å²) in [5.74, 6) is -2.21. The van der Waals surface area contributed by atoms with Gasteiger partial charge in [-0.2, -0.15) is 13.2 Å². The molecule has 10 heteroatoms. The summed E-state index contributed by atoms with van der Waals surface area (Å²) in [6.45, 7) is 5.11. The molecule has 1 heterocycles. The lowest BCUT2D eigenvalue weighted by Gasteiger charge is -2.35. The molecule has 0 spiro atoms. The highest BCUT2D eigenvalue weighted by Gasteiger charge is 2.38. The number of carboxylic acid groups (broad SMARTS) is 1. The Balaban J connectivity index is 0.000000399. The van der Waals surface area contributed by atoms with Gasteiger partial charge in [0.1, 0.15) is 0 Å². The number of hydrogen-bond acceptors (Lipinski definition) is 4. The molecule has 6 nitrogen and oxygen atoms in total. The van der Waals surface area contributed by atoms with E-state index in [1.807, 2.05) is 6.92 Å². The van der Waals surface area contributed by atoms with Crippen LogP contribution in [-0.4, -0.2) is 50.6 Å². The molecule has 0 radical (unpaired) electrons. The van der Waals surface area contributed by atoms with Crippen molar-refractivity contribution >= 4 is 16.0 Å².